The summed E-state index contributed by atoms with van der Waals surface area (Å²) in [5.41, 5.74) is 0. The number of alkyl halides is 6. The van der Waals surface area contributed by atoms with Crippen LogP contribution < -0.4 is 10.6 Å². The molecule has 2 aliphatic heterocycles. The summed E-state index contributed by atoms with van der Waals surface area (Å²) in [6.45, 7) is 2.91. The Kier molecular flexibility index (Phi) is 11.8. The molecule has 0 bridgehead atoms. The molecule has 2 amide bonds. The fraction of sp³-hybridized carbons (Fsp3) is 0.818. The smallest absolute Gasteiger partial charge is 0.369 e. The van der Waals surface area contributed by atoms with Crippen molar-refractivity contribution in [3.05, 3.63) is 12.2 Å². The van der Waals surface area contributed by atoms with E-state index in [4.69, 9.17) is 28.4 Å². The molecule has 0 spiro atoms. The molecule has 2 heterocycles. The maximum atomic E-state index is 12.7. The molecule has 2 saturated heterocycles. The lowest BCUT2D eigenvalue weighted by molar-refractivity contribution is -0.226. The number of carbonyl (C=O) groups excluding carboxylic acids is 2. The van der Waals surface area contributed by atoms with Crippen LogP contribution in [0.2, 0.25) is 0 Å². The number of amides is 2. The van der Waals surface area contributed by atoms with Gasteiger partial charge in [-0.2, -0.15) is 26.3 Å². The number of hydrogen-bond acceptors (Lipinski definition) is 8. The van der Waals surface area contributed by atoms with Crippen LogP contribution >= 0.6 is 0 Å². The Hall–Kier alpha value is -1.98. The maximum absolute atomic E-state index is 12.7. The molecule has 2 aliphatic rings. The third kappa shape index (κ3) is 9.34. The minimum absolute atomic E-state index is 0.0762. The van der Waals surface area contributed by atoms with E-state index in [0.717, 1.165) is 0 Å². The van der Waals surface area contributed by atoms with E-state index in [1.54, 1.807) is 13.8 Å². The Morgan fingerprint density at radius 1 is 0.763 bits per heavy atom. The summed E-state index contributed by atoms with van der Waals surface area (Å²) in [4.78, 5) is 22.9. The van der Waals surface area contributed by atoms with Crippen LogP contribution in [0.15, 0.2) is 12.2 Å². The fourth-order valence-corrected chi connectivity index (χ4v) is 4.14. The molecule has 2 N–H and O–H groups in total. The number of nitrogens with one attached hydrogen (secondary N) is 2. The fourth-order valence-electron chi connectivity index (χ4n) is 4.14. The Balaban J connectivity index is 1.93. The molecule has 0 unspecified atom stereocenters. The summed E-state index contributed by atoms with van der Waals surface area (Å²) >= 11 is 0. The molecular weight excluding hydrogens is 534 g/mol. The van der Waals surface area contributed by atoms with Crippen LogP contribution in [0.4, 0.5) is 26.3 Å². The van der Waals surface area contributed by atoms with E-state index in [-0.39, 0.29) is 26.1 Å². The standard InChI is InChI=1S/C22H32F6N2O8/c1-11-17(13(9-15(33-3)37-11)29-19(31)21(23,24)25)35-7-5-6-8-36-18-12(2)38-16(34-4)10-14(18)30-20(32)22(26,27)28/h5-6,11-18H,7-10H2,1-4H3,(H,29,31)(H,30,32)/b6-5+/t11-,12-,13-,14-,15-,16-,17+,18+/m0/s1. The van der Waals surface area contributed by atoms with Crippen LogP contribution in [0.25, 0.3) is 0 Å². The molecule has 10 nitrogen and oxygen atoms in total. The minimum atomic E-state index is -5.08. The second-order valence-corrected chi connectivity index (χ2v) is 8.71. The molecule has 220 valence electrons. The molecule has 0 aromatic rings. The summed E-state index contributed by atoms with van der Waals surface area (Å²) < 4.78 is 109. The average Bonchev–Trinajstić information content (AvgIpc) is 2.82. The predicted octanol–water partition coefficient (Wildman–Crippen LogP) is 1.97. The summed E-state index contributed by atoms with van der Waals surface area (Å²) in [6, 6.07) is -2.09. The van der Waals surface area contributed by atoms with Crippen LogP contribution in [-0.2, 0) is 38.0 Å². The number of methoxy groups -OCH3 is 2. The topological polar surface area (TPSA) is 114 Å². The zero-order valence-corrected chi connectivity index (χ0v) is 21.1. The van der Waals surface area contributed by atoms with E-state index in [0.29, 0.717) is 0 Å². The molecule has 38 heavy (non-hydrogen) atoms. The van der Waals surface area contributed by atoms with Gasteiger partial charge in [-0.1, -0.05) is 12.2 Å². The van der Waals surface area contributed by atoms with Crippen molar-refractivity contribution >= 4 is 11.8 Å². The van der Waals surface area contributed by atoms with Gasteiger partial charge in [0.2, 0.25) is 0 Å². The number of ether oxygens (including phenoxy) is 6. The van der Waals surface area contributed by atoms with Crippen molar-refractivity contribution < 1.29 is 64.4 Å². The van der Waals surface area contributed by atoms with Gasteiger partial charge in [0, 0.05) is 27.1 Å². The lowest BCUT2D eigenvalue weighted by Gasteiger charge is -2.40. The molecular formula is C22H32F6N2O8. The molecule has 2 fully saturated rings. The number of hydrogen-bond donors (Lipinski definition) is 2. The second kappa shape index (κ2) is 13.9. The maximum Gasteiger partial charge on any atom is 0.471 e. The quantitative estimate of drug-likeness (QED) is 0.305. The van der Waals surface area contributed by atoms with Crippen molar-refractivity contribution in [1.29, 1.82) is 0 Å². The van der Waals surface area contributed by atoms with Gasteiger partial charge in [-0.05, 0) is 13.8 Å². The van der Waals surface area contributed by atoms with Gasteiger partial charge in [0.25, 0.3) is 0 Å². The number of carbonyl (C=O) groups is 2. The molecule has 16 heteroatoms. The van der Waals surface area contributed by atoms with Crippen molar-refractivity contribution in [1.82, 2.24) is 10.6 Å². The third-order valence-electron chi connectivity index (χ3n) is 5.95. The molecule has 0 saturated carbocycles. The average molecular weight is 566 g/mol. The van der Waals surface area contributed by atoms with E-state index >= 15 is 0 Å². The van der Waals surface area contributed by atoms with Crippen LogP contribution in [0.5, 0.6) is 0 Å². The predicted molar refractivity (Wildman–Crippen MR) is 117 cm³/mol. The van der Waals surface area contributed by atoms with Crippen molar-refractivity contribution in [3.8, 4) is 0 Å². The van der Waals surface area contributed by atoms with Crippen LogP contribution in [-0.4, -0.2) is 101 Å². The summed E-state index contributed by atoms with van der Waals surface area (Å²) in [5, 5.41) is 3.81. The SMILES string of the molecule is CO[C@@H]1C[C@H](NC(=O)C(F)(F)F)[C@H](OC/C=C/CO[C@H]2[C@@H](NC(=O)C(F)(F)F)C[C@@H](OC)O[C@H]2C)[C@H](C)O1. The van der Waals surface area contributed by atoms with Crippen LogP contribution in [0, 0.1) is 0 Å². The largest absolute Gasteiger partial charge is 0.471 e. The molecule has 0 aromatic heterocycles. The zero-order chi connectivity index (χ0) is 28.7. The second-order valence-electron chi connectivity index (χ2n) is 8.71. The van der Waals surface area contributed by atoms with E-state index in [9.17, 15) is 35.9 Å². The van der Waals surface area contributed by atoms with E-state index in [1.807, 2.05) is 10.6 Å². The van der Waals surface area contributed by atoms with Crippen molar-refractivity contribution in [2.45, 2.75) is 88.1 Å². The van der Waals surface area contributed by atoms with Crippen LogP contribution in [0.3, 0.4) is 0 Å². The highest BCUT2D eigenvalue weighted by Gasteiger charge is 2.46. The van der Waals surface area contributed by atoms with Gasteiger partial charge in [-0.3, -0.25) is 9.59 Å². The van der Waals surface area contributed by atoms with Crippen molar-refractivity contribution in [2.24, 2.45) is 0 Å². The van der Waals surface area contributed by atoms with E-state index < -0.39 is 73.2 Å². The van der Waals surface area contributed by atoms with Gasteiger partial charge in [0.05, 0.1) is 37.5 Å². The Morgan fingerprint density at radius 3 is 1.39 bits per heavy atom. The first-order valence-corrected chi connectivity index (χ1v) is 11.7. The normalized spacial score (nSPS) is 32.8. The molecule has 2 rings (SSSR count). The lowest BCUT2D eigenvalue weighted by atomic mass is 9.99. The van der Waals surface area contributed by atoms with Gasteiger partial charge < -0.3 is 39.1 Å². The van der Waals surface area contributed by atoms with E-state index in [2.05, 4.69) is 0 Å². The molecule has 0 aliphatic carbocycles. The number of rotatable bonds is 10. The van der Waals surface area contributed by atoms with Gasteiger partial charge in [-0.25, -0.2) is 0 Å². The van der Waals surface area contributed by atoms with Crippen molar-refractivity contribution in [2.75, 3.05) is 27.4 Å². The third-order valence-corrected chi connectivity index (χ3v) is 5.95. The Morgan fingerprint density at radius 2 is 1.11 bits per heavy atom. The highest BCUT2D eigenvalue weighted by atomic mass is 19.4. The molecule has 8 atom stereocenters. The highest BCUT2D eigenvalue weighted by Crippen LogP contribution is 2.26. The van der Waals surface area contributed by atoms with E-state index in [1.165, 1.54) is 26.4 Å². The summed E-state index contributed by atoms with van der Waals surface area (Å²) in [7, 11) is 2.63. The highest BCUT2D eigenvalue weighted by molar-refractivity contribution is 5.82. The summed E-state index contributed by atoms with van der Waals surface area (Å²) in [6.07, 6.45) is -12.3. The first-order valence-electron chi connectivity index (χ1n) is 11.7. The van der Waals surface area contributed by atoms with Gasteiger partial charge in [0.15, 0.2) is 12.6 Å². The lowest BCUT2D eigenvalue weighted by Crippen LogP contribution is -2.58. The monoisotopic (exact) mass is 566 g/mol. The molecule has 0 aromatic carbocycles. The first-order chi connectivity index (χ1) is 17.7. The number of halogens is 6. The first kappa shape index (κ1) is 32.2. The zero-order valence-electron chi connectivity index (χ0n) is 21.1. The van der Waals surface area contributed by atoms with Gasteiger partial charge in [0.1, 0.15) is 12.2 Å². The van der Waals surface area contributed by atoms with Crippen LogP contribution in [0.1, 0.15) is 26.7 Å². The Labute approximate surface area is 215 Å². The Bertz CT molecular complexity index is 748. The van der Waals surface area contributed by atoms with Gasteiger partial charge in [-0.15, -0.1) is 0 Å². The van der Waals surface area contributed by atoms with Gasteiger partial charge >= 0.3 is 24.2 Å². The molecule has 0 radical (unpaired) electrons. The minimum Gasteiger partial charge on any atom is -0.369 e. The summed E-state index contributed by atoms with van der Waals surface area (Å²) in [5.74, 6) is -4.23. The van der Waals surface area contributed by atoms with Crippen molar-refractivity contribution in [3.63, 3.8) is 0 Å².